The number of rotatable bonds is 6. The molecular weight excluding hydrogens is 254 g/mol. The van der Waals surface area contributed by atoms with Crippen LogP contribution in [0.3, 0.4) is 0 Å². The van der Waals surface area contributed by atoms with Crippen molar-refractivity contribution in [1.29, 1.82) is 0 Å². The molecule has 0 bridgehead atoms. The first-order valence-electron chi connectivity index (χ1n) is 5.60. The lowest BCUT2D eigenvalue weighted by Gasteiger charge is -2.07. The van der Waals surface area contributed by atoms with E-state index in [4.69, 9.17) is 16.3 Å². The summed E-state index contributed by atoms with van der Waals surface area (Å²) in [5.41, 5.74) is 0.969. The Labute approximate surface area is 110 Å². The molecule has 0 saturated heterocycles. The Hall–Kier alpha value is -1.66. The van der Waals surface area contributed by atoms with E-state index >= 15 is 0 Å². The number of imidazole rings is 1. The zero-order valence-corrected chi connectivity index (χ0v) is 10.7. The Morgan fingerprint density at radius 1 is 1.44 bits per heavy atom. The van der Waals surface area contributed by atoms with E-state index in [1.165, 1.54) is 0 Å². The molecule has 2 N–H and O–H groups in total. The minimum atomic E-state index is 0.357. The van der Waals surface area contributed by atoms with E-state index < -0.39 is 0 Å². The van der Waals surface area contributed by atoms with E-state index in [0.29, 0.717) is 36.6 Å². The molecule has 0 radical (unpaired) electrons. The zero-order valence-electron chi connectivity index (χ0n) is 9.98. The summed E-state index contributed by atoms with van der Waals surface area (Å²) in [5, 5.41) is 3.54. The van der Waals surface area contributed by atoms with Gasteiger partial charge in [0.1, 0.15) is 17.6 Å². The molecule has 0 aliphatic carbocycles. The lowest BCUT2D eigenvalue weighted by molar-refractivity contribution is 0.128. The van der Waals surface area contributed by atoms with Crippen molar-refractivity contribution >= 4 is 17.4 Å². The minimum Gasteiger partial charge on any atom is -0.374 e. The molecule has 7 heteroatoms. The highest BCUT2D eigenvalue weighted by molar-refractivity contribution is 6.29. The summed E-state index contributed by atoms with van der Waals surface area (Å²) in [4.78, 5) is 15.3. The Kier molecular flexibility index (Phi) is 4.49. The summed E-state index contributed by atoms with van der Waals surface area (Å²) in [6.07, 6.45) is 3.38. The third-order valence-corrected chi connectivity index (χ3v) is 2.38. The van der Waals surface area contributed by atoms with Crippen LogP contribution in [0.1, 0.15) is 18.4 Å². The van der Waals surface area contributed by atoms with E-state index in [1.807, 2.05) is 6.92 Å². The maximum atomic E-state index is 5.92. The molecule has 0 saturated carbocycles. The van der Waals surface area contributed by atoms with E-state index in [0.717, 1.165) is 5.69 Å². The normalized spacial score (nSPS) is 10.6. The molecular formula is C11H14ClN5O. The summed E-state index contributed by atoms with van der Waals surface area (Å²) in [6.45, 7) is 3.49. The zero-order chi connectivity index (χ0) is 12.8. The average Bonchev–Trinajstić information content (AvgIpc) is 2.86. The first-order valence-corrected chi connectivity index (χ1v) is 5.98. The summed E-state index contributed by atoms with van der Waals surface area (Å²) in [7, 11) is 0. The molecule has 0 atom stereocenters. The third-order valence-electron chi connectivity index (χ3n) is 2.19. The van der Waals surface area contributed by atoms with Crippen LogP contribution < -0.4 is 5.32 Å². The number of aromatic nitrogens is 4. The van der Waals surface area contributed by atoms with Crippen LogP contribution in [-0.4, -0.2) is 26.5 Å². The fourth-order valence-electron chi connectivity index (χ4n) is 1.38. The lowest BCUT2D eigenvalue weighted by Crippen LogP contribution is -2.06. The topological polar surface area (TPSA) is 75.7 Å². The summed E-state index contributed by atoms with van der Waals surface area (Å²) in [6, 6.07) is 1.67. The molecule has 0 amide bonds. The number of anilines is 1. The molecule has 6 nitrogen and oxygen atoms in total. The van der Waals surface area contributed by atoms with Crippen LogP contribution in [0.25, 0.3) is 0 Å². The van der Waals surface area contributed by atoms with Gasteiger partial charge in [-0.1, -0.05) is 11.6 Å². The van der Waals surface area contributed by atoms with Gasteiger partial charge in [-0.05, 0) is 6.92 Å². The van der Waals surface area contributed by atoms with E-state index in [2.05, 4.69) is 25.3 Å². The van der Waals surface area contributed by atoms with Crippen LogP contribution >= 0.6 is 11.6 Å². The van der Waals surface area contributed by atoms with Crippen LogP contribution in [0.5, 0.6) is 0 Å². The smallest absolute Gasteiger partial charge is 0.158 e. The van der Waals surface area contributed by atoms with Gasteiger partial charge in [-0.3, -0.25) is 0 Å². The first-order chi connectivity index (χ1) is 8.78. The second-order valence-corrected chi connectivity index (χ2v) is 3.95. The fourth-order valence-corrected chi connectivity index (χ4v) is 1.58. The van der Waals surface area contributed by atoms with Crippen molar-refractivity contribution < 1.29 is 4.74 Å². The van der Waals surface area contributed by atoms with E-state index in [1.54, 1.807) is 18.6 Å². The van der Waals surface area contributed by atoms with E-state index in [-0.39, 0.29) is 0 Å². The van der Waals surface area contributed by atoms with Crippen molar-refractivity contribution in [2.24, 2.45) is 0 Å². The van der Waals surface area contributed by atoms with Crippen molar-refractivity contribution in [3.8, 4) is 0 Å². The van der Waals surface area contributed by atoms with Crippen LogP contribution in [-0.2, 0) is 17.9 Å². The van der Waals surface area contributed by atoms with Gasteiger partial charge in [-0.2, -0.15) is 0 Å². The molecule has 2 rings (SSSR count). The minimum absolute atomic E-state index is 0.357. The Bertz CT molecular complexity index is 488. The summed E-state index contributed by atoms with van der Waals surface area (Å²) >= 11 is 5.92. The molecule has 0 spiro atoms. The SMILES string of the molecule is CCOCc1nc(Cl)cc(NCc2cnc[nH]2)n1. The number of nitrogens with one attached hydrogen (secondary N) is 2. The number of ether oxygens (including phenoxy) is 1. The van der Waals surface area contributed by atoms with Crippen molar-refractivity contribution in [3.05, 3.63) is 35.3 Å². The largest absolute Gasteiger partial charge is 0.374 e. The number of halogens is 1. The van der Waals surface area contributed by atoms with Crippen LogP contribution in [0.15, 0.2) is 18.6 Å². The van der Waals surface area contributed by atoms with Crippen LogP contribution in [0, 0.1) is 0 Å². The molecule has 0 fully saturated rings. The highest BCUT2D eigenvalue weighted by Gasteiger charge is 2.03. The molecule has 0 aliphatic rings. The van der Waals surface area contributed by atoms with Crippen molar-refractivity contribution in [1.82, 2.24) is 19.9 Å². The molecule has 96 valence electrons. The second-order valence-electron chi connectivity index (χ2n) is 3.56. The number of hydrogen-bond acceptors (Lipinski definition) is 5. The Morgan fingerprint density at radius 2 is 2.33 bits per heavy atom. The van der Waals surface area contributed by atoms with Crippen molar-refractivity contribution in [3.63, 3.8) is 0 Å². The third kappa shape index (κ3) is 3.68. The van der Waals surface area contributed by atoms with Gasteiger partial charge >= 0.3 is 0 Å². The highest BCUT2D eigenvalue weighted by Crippen LogP contribution is 2.12. The van der Waals surface area contributed by atoms with Gasteiger partial charge in [-0.15, -0.1) is 0 Å². The lowest BCUT2D eigenvalue weighted by atomic mass is 10.4. The number of aromatic amines is 1. The van der Waals surface area contributed by atoms with Gasteiger partial charge in [0.25, 0.3) is 0 Å². The maximum Gasteiger partial charge on any atom is 0.158 e. The van der Waals surface area contributed by atoms with Crippen LogP contribution in [0.4, 0.5) is 5.82 Å². The Balaban J connectivity index is 2.00. The molecule has 2 aromatic heterocycles. The van der Waals surface area contributed by atoms with Crippen molar-refractivity contribution in [2.45, 2.75) is 20.1 Å². The summed E-state index contributed by atoms with van der Waals surface area (Å²) in [5.74, 6) is 1.23. The molecule has 18 heavy (non-hydrogen) atoms. The predicted molar refractivity (Wildman–Crippen MR) is 68.3 cm³/mol. The number of H-pyrrole nitrogens is 1. The molecule has 0 unspecified atom stereocenters. The first kappa shape index (κ1) is 12.8. The fraction of sp³-hybridized carbons (Fsp3) is 0.364. The number of hydrogen-bond donors (Lipinski definition) is 2. The van der Waals surface area contributed by atoms with Gasteiger partial charge in [0.15, 0.2) is 5.82 Å². The monoisotopic (exact) mass is 267 g/mol. The average molecular weight is 268 g/mol. The molecule has 0 aliphatic heterocycles. The van der Waals surface area contributed by atoms with Gasteiger partial charge in [0.05, 0.1) is 18.6 Å². The summed E-state index contributed by atoms with van der Waals surface area (Å²) < 4.78 is 5.25. The standard InChI is InChI=1S/C11H14ClN5O/c1-2-18-6-11-16-9(12)3-10(17-11)14-5-8-4-13-7-15-8/h3-4,7H,2,5-6H2,1H3,(H,13,15)(H,14,16,17). The molecule has 2 aromatic rings. The van der Waals surface area contributed by atoms with Gasteiger partial charge in [0.2, 0.25) is 0 Å². The van der Waals surface area contributed by atoms with Gasteiger partial charge < -0.3 is 15.0 Å². The van der Waals surface area contributed by atoms with Gasteiger partial charge in [-0.25, -0.2) is 15.0 Å². The quantitative estimate of drug-likeness (QED) is 0.783. The second kappa shape index (κ2) is 6.32. The van der Waals surface area contributed by atoms with Crippen molar-refractivity contribution in [2.75, 3.05) is 11.9 Å². The van der Waals surface area contributed by atoms with Gasteiger partial charge in [0, 0.05) is 18.9 Å². The van der Waals surface area contributed by atoms with E-state index in [9.17, 15) is 0 Å². The molecule has 2 heterocycles. The maximum absolute atomic E-state index is 5.92. The Morgan fingerprint density at radius 3 is 3.06 bits per heavy atom. The predicted octanol–water partition coefficient (Wildman–Crippen LogP) is 2.00. The highest BCUT2D eigenvalue weighted by atomic mass is 35.5. The van der Waals surface area contributed by atoms with Crippen LogP contribution in [0.2, 0.25) is 5.15 Å². The number of nitrogens with zero attached hydrogens (tertiary/aromatic N) is 3. The molecule has 0 aromatic carbocycles.